The molecular formula is C13H21N3O. The minimum Gasteiger partial charge on any atom is -0.448 e. The number of nitrogens with one attached hydrogen (secondary N) is 1. The first kappa shape index (κ1) is 11.2. The van der Waals surface area contributed by atoms with Gasteiger partial charge in [0.25, 0.3) is 0 Å². The number of oxazole rings is 1. The quantitative estimate of drug-likeness (QED) is 0.850. The molecule has 4 nitrogen and oxygen atoms in total. The monoisotopic (exact) mass is 235 g/mol. The van der Waals surface area contributed by atoms with Crippen molar-refractivity contribution < 1.29 is 4.42 Å². The maximum Gasteiger partial charge on any atom is 0.198 e. The zero-order valence-corrected chi connectivity index (χ0v) is 10.5. The fourth-order valence-corrected chi connectivity index (χ4v) is 2.96. The third-order valence-electron chi connectivity index (χ3n) is 4.06. The van der Waals surface area contributed by atoms with Gasteiger partial charge < -0.3 is 9.73 Å². The molecule has 0 saturated carbocycles. The molecule has 1 aromatic heterocycles. The first-order valence-corrected chi connectivity index (χ1v) is 6.71. The van der Waals surface area contributed by atoms with Crippen LogP contribution >= 0.6 is 0 Å². The summed E-state index contributed by atoms with van der Waals surface area (Å²) in [5.74, 6) is 1.42. The van der Waals surface area contributed by atoms with Gasteiger partial charge in [-0.3, -0.25) is 4.90 Å². The van der Waals surface area contributed by atoms with Crippen molar-refractivity contribution in [2.24, 2.45) is 0 Å². The highest BCUT2D eigenvalue weighted by molar-refractivity contribution is 5.08. The molecule has 94 valence electrons. The molecular weight excluding hydrogens is 214 g/mol. The van der Waals surface area contributed by atoms with E-state index >= 15 is 0 Å². The Hall–Kier alpha value is -0.870. The van der Waals surface area contributed by atoms with Gasteiger partial charge in [0.2, 0.25) is 0 Å². The third-order valence-corrected chi connectivity index (χ3v) is 4.06. The number of aromatic nitrogens is 1. The van der Waals surface area contributed by atoms with Gasteiger partial charge in [0, 0.05) is 12.5 Å². The van der Waals surface area contributed by atoms with Gasteiger partial charge in [-0.2, -0.15) is 0 Å². The van der Waals surface area contributed by atoms with Gasteiger partial charge >= 0.3 is 0 Å². The van der Waals surface area contributed by atoms with E-state index in [-0.39, 0.29) is 0 Å². The van der Waals surface area contributed by atoms with Crippen LogP contribution in [0.4, 0.5) is 0 Å². The van der Waals surface area contributed by atoms with Crippen molar-refractivity contribution >= 4 is 0 Å². The van der Waals surface area contributed by atoms with Crippen LogP contribution in [-0.2, 0) is 0 Å². The van der Waals surface area contributed by atoms with Gasteiger partial charge in [-0.25, -0.2) is 4.98 Å². The lowest BCUT2D eigenvalue weighted by Gasteiger charge is -2.30. The van der Waals surface area contributed by atoms with Crippen LogP contribution in [0.2, 0.25) is 0 Å². The second-order valence-electron chi connectivity index (χ2n) is 5.29. The number of likely N-dealkylation sites (tertiary alicyclic amines) is 1. The maximum absolute atomic E-state index is 5.67. The van der Waals surface area contributed by atoms with Crippen molar-refractivity contribution in [1.29, 1.82) is 0 Å². The zero-order valence-electron chi connectivity index (χ0n) is 10.5. The highest BCUT2D eigenvalue weighted by Gasteiger charge is 2.26. The summed E-state index contributed by atoms with van der Waals surface area (Å²) in [7, 11) is 2.19. The Kier molecular flexibility index (Phi) is 3.16. The first-order chi connectivity index (χ1) is 8.34. The molecule has 2 aliphatic heterocycles. The molecule has 2 atom stereocenters. The average Bonchev–Trinajstić information content (AvgIpc) is 3.00. The topological polar surface area (TPSA) is 41.3 Å². The van der Waals surface area contributed by atoms with E-state index in [2.05, 4.69) is 17.3 Å². The predicted octanol–water partition coefficient (Wildman–Crippen LogP) is 1.91. The summed E-state index contributed by atoms with van der Waals surface area (Å²) in [5, 5.41) is 3.36. The van der Waals surface area contributed by atoms with Crippen molar-refractivity contribution in [3.05, 3.63) is 17.8 Å². The van der Waals surface area contributed by atoms with Gasteiger partial charge in [-0.1, -0.05) is 6.42 Å². The Bertz CT molecular complexity index is 370. The molecule has 0 radical (unpaired) electrons. The minimum absolute atomic E-state index is 0.468. The molecule has 2 fully saturated rings. The van der Waals surface area contributed by atoms with Gasteiger partial charge in [0.15, 0.2) is 5.89 Å². The maximum atomic E-state index is 5.67. The molecule has 1 aromatic rings. The first-order valence-electron chi connectivity index (χ1n) is 6.71. The lowest BCUT2D eigenvalue weighted by Crippen LogP contribution is -2.29. The summed E-state index contributed by atoms with van der Waals surface area (Å²) in [6.45, 7) is 3.28. The van der Waals surface area contributed by atoms with Crippen LogP contribution in [-0.4, -0.2) is 36.6 Å². The smallest absolute Gasteiger partial charge is 0.198 e. The molecule has 4 heteroatoms. The predicted molar refractivity (Wildman–Crippen MR) is 66.0 cm³/mol. The van der Waals surface area contributed by atoms with Crippen LogP contribution in [0.1, 0.15) is 49.2 Å². The summed E-state index contributed by atoms with van der Waals surface area (Å²) in [6, 6.07) is 0.468. The molecule has 2 aliphatic rings. The van der Waals surface area contributed by atoms with Crippen LogP contribution < -0.4 is 5.32 Å². The number of piperidine rings is 1. The van der Waals surface area contributed by atoms with E-state index in [0.717, 1.165) is 31.1 Å². The molecule has 17 heavy (non-hydrogen) atoms. The lowest BCUT2D eigenvalue weighted by atomic mass is 10.0. The van der Waals surface area contributed by atoms with Crippen molar-refractivity contribution in [2.75, 3.05) is 26.7 Å². The molecule has 0 aliphatic carbocycles. The number of hydrogen-bond donors (Lipinski definition) is 1. The molecule has 0 spiro atoms. The normalized spacial score (nSPS) is 30.9. The Balaban J connectivity index is 1.74. The van der Waals surface area contributed by atoms with E-state index in [9.17, 15) is 0 Å². The molecule has 2 saturated heterocycles. The molecule has 0 aromatic carbocycles. The van der Waals surface area contributed by atoms with Crippen molar-refractivity contribution in [2.45, 2.75) is 37.6 Å². The van der Waals surface area contributed by atoms with Crippen molar-refractivity contribution in [3.8, 4) is 0 Å². The summed E-state index contributed by atoms with van der Waals surface area (Å²) in [6.07, 6.45) is 6.86. The summed E-state index contributed by atoms with van der Waals surface area (Å²) in [4.78, 5) is 7.12. The number of nitrogens with zero attached hydrogens (tertiary/aromatic N) is 2. The minimum atomic E-state index is 0.468. The Morgan fingerprint density at radius 2 is 2.35 bits per heavy atom. The van der Waals surface area contributed by atoms with E-state index in [0.29, 0.717) is 12.0 Å². The fraction of sp³-hybridized carbons (Fsp3) is 0.769. The molecule has 3 heterocycles. The molecule has 1 N–H and O–H groups in total. The SMILES string of the molecule is CN1CCCCC1c1coc(C2CCNC2)n1. The van der Waals surface area contributed by atoms with E-state index in [1.54, 1.807) is 0 Å². The Morgan fingerprint density at radius 3 is 3.12 bits per heavy atom. The summed E-state index contributed by atoms with van der Waals surface area (Å²) in [5.41, 5.74) is 1.13. The van der Waals surface area contributed by atoms with Crippen molar-refractivity contribution in [3.63, 3.8) is 0 Å². The largest absolute Gasteiger partial charge is 0.448 e. The van der Waals surface area contributed by atoms with Crippen molar-refractivity contribution in [1.82, 2.24) is 15.2 Å². The van der Waals surface area contributed by atoms with Crippen LogP contribution in [0, 0.1) is 0 Å². The summed E-state index contributed by atoms with van der Waals surface area (Å²) >= 11 is 0. The van der Waals surface area contributed by atoms with Gasteiger partial charge in [0.1, 0.15) is 6.26 Å². The second-order valence-corrected chi connectivity index (χ2v) is 5.29. The van der Waals surface area contributed by atoms with Crippen LogP contribution in [0.25, 0.3) is 0 Å². The third kappa shape index (κ3) is 2.24. The average molecular weight is 235 g/mol. The summed E-state index contributed by atoms with van der Waals surface area (Å²) < 4.78 is 5.67. The van der Waals surface area contributed by atoms with E-state index in [1.807, 2.05) is 6.26 Å². The van der Waals surface area contributed by atoms with Gasteiger partial charge in [-0.05, 0) is 39.4 Å². The zero-order chi connectivity index (χ0) is 11.7. The molecule has 3 rings (SSSR count). The van der Waals surface area contributed by atoms with Crippen LogP contribution in [0.5, 0.6) is 0 Å². The molecule has 0 bridgehead atoms. The standard InChI is InChI=1S/C13H21N3O/c1-16-7-3-2-4-12(16)11-9-17-13(15-11)10-5-6-14-8-10/h9-10,12,14H,2-8H2,1H3. The van der Waals surface area contributed by atoms with Crippen LogP contribution in [0.3, 0.4) is 0 Å². The molecule has 0 amide bonds. The highest BCUT2D eigenvalue weighted by Crippen LogP contribution is 2.30. The second kappa shape index (κ2) is 4.78. The number of hydrogen-bond acceptors (Lipinski definition) is 4. The van der Waals surface area contributed by atoms with Gasteiger partial charge in [0.05, 0.1) is 11.7 Å². The van der Waals surface area contributed by atoms with E-state index in [1.165, 1.54) is 25.8 Å². The van der Waals surface area contributed by atoms with Crippen LogP contribution in [0.15, 0.2) is 10.7 Å². The Morgan fingerprint density at radius 1 is 1.41 bits per heavy atom. The van der Waals surface area contributed by atoms with E-state index < -0.39 is 0 Å². The van der Waals surface area contributed by atoms with E-state index in [4.69, 9.17) is 9.40 Å². The fourth-order valence-electron chi connectivity index (χ4n) is 2.96. The van der Waals surface area contributed by atoms with Gasteiger partial charge in [-0.15, -0.1) is 0 Å². The number of rotatable bonds is 2. The molecule has 2 unspecified atom stereocenters. The highest BCUT2D eigenvalue weighted by atomic mass is 16.3. The lowest BCUT2D eigenvalue weighted by molar-refractivity contribution is 0.183. The Labute approximate surface area is 102 Å².